The normalized spacial score (nSPS) is 14.8. The third kappa shape index (κ3) is 4.33. The predicted molar refractivity (Wildman–Crippen MR) is 68.6 cm³/mol. The molecule has 16 heavy (non-hydrogen) atoms. The lowest BCUT2D eigenvalue weighted by Crippen LogP contribution is -2.36. The van der Waals surface area contributed by atoms with E-state index in [1.54, 1.807) is 0 Å². The first-order valence-corrected chi connectivity index (χ1v) is 6.05. The summed E-state index contributed by atoms with van der Waals surface area (Å²) in [6.07, 6.45) is 1.86. The van der Waals surface area contributed by atoms with Gasteiger partial charge in [0.25, 0.3) is 0 Å². The molecule has 0 spiro atoms. The van der Waals surface area contributed by atoms with Gasteiger partial charge in [0, 0.05) is 18.7 Å². The first-order valence-electron chi connectivity index (χ1n) is 6.05. The number of aliphatic hydroxyl groups is 1. The van der Waals surface area contributed by atoms with Gasteiger partial charge >= 0.3 is 0 Å². The Labute approximate surface area is 98.7 Å². The van der Waals surface area contributed by atoms with Crippen LogP contribution in [0.4, 0.5) is 0 Å². The van der Waals surface area contributed by atoms with Gasteiger partial charge in [-0.05, 0) is 44.7 Å². The van der Waals surface area contributed by atoms with Crippen molar-refractivity contribution in [2.24, 2.45) is 0 Å². The van der Waals surface area contributed by atoms with E-state index in [-0.39, 0.29) is 6.61 Å². The molecule has 0 radical (unpaired) electrons. The van der Waals surface area contributed by atoms with Crippen LogP contribution in [0.1, 0.15) is 31.4 Å². The summed E-state index contributed by atoms with van der Waals surface area (Å²) in [5, 5.41) is 12.3. The van der Waals surface area contributed by atoms with Crippen LogP contribution in [0.3, 0.4) is 0 Å². The SMILES string of the molecule is Cc1ccccc1CC(C)N[C@H](C)CCO. The van der Waals surface area contributed by atoms with Gasteiger partial charge in [-0.25, -0.2) is 0 Å². The molecular weight excluding hydrogens is 198 g/mol. The van der Waals surface area contributed by atoms with E-state index in [9.17, 15) is 0 Å². The molecule has 0 bridgehead atoms. The Morgan fingerprint density at radius 2 is 1.88 bits per heavy atom. The maximum atomic E-state index is 8.84. The number of rotatable bonds is 6. The summed E-state index contributed by atoms with van der Waals surface area (Å²) in [5.74, 6) is 0. The van der Waals surface area contributed by atoms with Crippen molar-refractivity contribution >= 4 is 0 Å². The first kappa shape index (κ1) is 13.2. The van der Waals surface area contributed by atoms with Crippen molar-refractivity contribution < 1.29 is 5.11 Å². The van der Waals surface area contributed by atoms with Gasteiger partial charge in [0.2, 0.25) is 0 Å². The van der Waals surface area contributed by atoms with Crippen molar-refractivity contribution in [2.75, 3.05) is 6.61 Å². The molecule has 0 amide bonds. The van der Waals surface area contributed by atoms with Crippen LogP contribution in [0.2, 0.25) is 0 Å². The number of aryl methyl sites for hydroxylation is 1. The monoisotopic (exact) mass is 221 g/mol. The zero-order valence-corrected chi connectivity index (χ0v) is 10.5. The molecule has 0 saturated heterocycles. The molecule has 0 fully saturated rings. The average molecular weight is 221 g/mol. The highest BCUT2D eigenvalue weighted by Crippen LogP contribution is 2.10. The van der Waals surface area contributed by atoms with Crippen LogP contribution in [0, 0.1) is 6.92 Å². The first-order chi connectivity index (χ1) is 7.63. The summed E-state index contributed by atoms with van der Waals surface area (Å²) < 4.78 is 0. The van der Waals surface area contributed by atoms with E-state index >= 15 is 0 Å². The lowest BCUT2D eigenvalue weighted by Gasteiger charge is -2.20. The maximum Gasteiger partial charge on any atom is 0.0445 e. The Balaban J connectivity index is 2.45. The smallest absolute Gasteiger partial charge is 0.0445 e. The molecule has 1 aromatic carbocycles. The summed E-state index contributed by atoms with van der Waals surface area (Å²) in [6.45, 7) is 6.72. The Kier molecular flexibility index (Phi) is 5.50. The largest absolute Gasteiger partial charge is 0.396 e. The Morgan fingerprint density at radius 1 is 1.19 bits per heavy atom. The van der Waals surface area contributed by atoms with Gasteiger partial charge in [-0.3, -0.25) is 0 Å². The van der Waals surface area contributed by atoms with Crippen molar-refractivity contribution in [1.82, 2.24) is 5.32 Å². The van der Waals surface area contributed by atoms with E-state index < -0.39 is 0 Å². The third-order valence-corrected chi connectivity index (χ3v) is 2.92. The minimum absolute atomic E-state index is 0.255. The number of nitrogens with one attached hydrogen (secondary N) is 1. The van der Waals surface area contributed by atoms with Crippen LogP contribution in [-0.2, 0) is 6.42 Å². The van der Waals surface area contributed by atoms with Crippen LogP contribution < -0.4 is 5.32 Å². The summed E-state index contributed by atoms with van der Waals surface area (Å²) in [6, 6.07) is 9.33. The summed E-state index contributed by atoms with van der Waals surface area (Å²) in [4.78, 5) is 0. The molecule has 1 aromatic rings. The summed E-state index contributed by atoms with van der Waals surface area (Å²) >= 11 is 0. The van der Waals surface area contributed by atoms with Gasteiger partial charge in [-0.15, -0.1) is 0 Å². The molecule has 0 aromatic heterocycles. The quantitative estimate of drug-likeness (QED) is 0.772. The molecule has 2 N–H and O–H groups in total. The second-order valence-corrected chi connectivity index (χ2v) is 4.61. The molecule has 0 aliphatic rings. The molecule has 1 unspecified atom stereocenters. The van der Waals surface area contributed by atoms with E-state index in [1.165, 1.54) is 11.1 Å². The van der Waals surface area contributed by atoms with E-state index in [0.29, 0.717) is 12.1 Å². The summed E-state index contributed by atoms with van der Waals surface area (Å²) in [7, 11) is 0. The summed E-state index contributed by atoms with van der Waals surface area (Å²) in [5.41, 5.74) is 2.75. The Morgan fingerprint density at radius 3 is 2.50 bits per heavy atom. The highest BCUT2D eigenvalue weighted by atomic mass is 16.3. The molecule has 0 saturated carbocycles. The molecular formula is C14H23NO. The minimum Gasteiger partial charge on any atom is -0.396 e. The average Bonchev–Trinajstić information content (AvgIpc) is 2.21. The van der Waals surface area contributed by atoms with E-state index in [0.717, 1.165) is 12.8 Å². The lowest BCUT2D eigenvalue weighted by molar-refractivity contribution is 0.264. The van der Waals surface area contributed by atoms with Crippen LogP contribution in [-0.4, -0.2) is 23.8 Å². The zero-order chi connectivity index (χ0) is 12.0. The van der Waals surface area contributed by atoms with E-state index in [2.05, 4.69) is 50.4 Å². The molecule has 2 atom stereocenters. The molecule has 1 rings (SSSR count). The number of aliphatic hydroxyl groups excluding tert-OH is 1. The fourth-order valence-electron chi connectivity index (χ4n) is 1.99. The van der Waals surface area contributed by atoms with Crippen molar-refractivity contribution in [3.63, 3.8) is 0 Å². The fourth-order valence-corrected chi connectivity index (χ4v) is 1.99. The maximum absolute atomic E-state index is 8.84. The second-order valence-electron chi connectivity index (χ2n) is 4.61. The molecule has 90 valence electrons. The minimum atomic E-state index is 0.255. The van der Waals surface area contributed by atoms with E-state index in [4.69, 9.17) is 5.11 Å². The van der Waals surface area contributed by atoms with Crippen molar-refractivity contribution in [2.45, 2.75) is 45.7 Å². The number of benzene rings is 1. The van der Waals surface area contributed by atoms with Gasteiger partial charge in [0.1, 0.15) is 0 Å². The topological polar surface area (TPSA) is 32.3 Å². The highest BCUT2D eigenvalue weighted by molar-refractivity contribution is 5.26. The van der Waals surface area contributed by atoms with Crippen LogP contribution >= 0.6 is 0 Å². The number of hydrogen-bond donors (Lipinski definition) is 2. The Bertz CT molecular complexity index is 311. The van der Waals surface area contributed by atoms with Crippen molar-refractivity contribution in [3.05, 3.63) is 35.4 Å². The van der Waals surface area contributed by atoms with Gasteiger partial charge in [-0.1, -0.05) is 24.3 Å². The van der Waals surface area contributed by atoms with Crippen LogP contribution in [0.5, 0.6) is 0 Å². The van der Waals surface area contributed by atoms with Crippen molar-refractivity contribution in [3.8, 4) is 0 Å². The predicted octanol–water partition coefficient (Wildman–Crippen LogP) is 2.29. The second kappa shape index (κ2) is 6.66. The van der Waals surface area contributed by atoms with Gasteiger partial charge < -0.3 is 10.4 Å². The molecule has 2 nitrogen and oxygen atoms in total. The molecule has 0 aliphatic carbocycles. The number of hydrogen-bond acceptors (Lipinski definition) is 2. The van der Waals surface area contributed by atoms with Gasteiger partial charge in [0.15, 0.2) is 0 Å². The zero-order valence-electron chi connectivity index (χ0n) is 10.5. The lowest BCUT2D eigenvalue weighted by atomic mass is 10.0. The highest BCUT2D eigenvalue weighted by Gasteiger charge is 2.08. The van der Waals surface area contributed by atoms with Gasteiger partial charge in [-0.2, -0.15) is 0 Å². The van der Waals surface area contributed by atoms with Crippen molar-refractivity contribution in [1.29, 1.82) is 0 Å². The third-order valence-electron chi connectivity index (χ3n) is 2.92. The van der Waals surface area contributed by atoms with Crippen LogP contribution in [0.15, 0.2) is 24.3 Å². The molecule has 0 aliphatic heterocycles. The van der Waals surface area contributed by atoms with E-state index in [1.807, 2.05) is 0 Å². The standard InChI is InChI=1S/C14H23NO/c1-11-6-4-5-7-14(11)10-13(3)15-12(2)8-9-16/h4-7,12-13,15-16H,8-10H2,1-3H3/t12-,13?/m1/s1. The van der Waals surface area contributed by atoms with Gasteiger partial charge in [0.05, 0.1) is 0 Å². The molecule has 0 heterocycles. The van der Waals surface area contributed by atoms with Crippen LogP contribution in [0.25, 0.3) is 0 Å². The Hall–Kier alpha value is -0.860. The fraction of sp³-hybridized carbons (Fsp3) is 0.571. The molecule has 2 heteroatoms.